The number of carbonyl (C=O) groups excluding carboxylic acids is 3. The molecule has 3 amide bonds. The second-order valence-corrected chi connectivity index (χ2v) is 4.52. The third kappa shape index (κ3) is 2.36. The number of piperidine rings is 1. The fourth-order valence-corrected chi connectivity index (χ4v) is 2.47. The van der Waals surface area contributed by atoms with Gasteiger partial charge in [-0.05, 0) is 25.0 Å². The molecule has 5 heteroatoms. The van der Waals surface area contributed by atoms with E-state index in [4.69, 9.17) is 0 Å². The van der Waals surface area contributed by atoms with Crippen molar-refractivity contribution in [3.05, 3.63) is 36.1 Å². The van der Waals surface area contributed by atoms with E-state index in [0.717, 1.165) is 5.57 Å². The van der Waals surface area contributed by atoms with Crippen molar-refractivity contribution in [3.63, 3.8) is 0 Å². The maximum absolute atomic E-state index is 12.1. The predicted molar refractivity (Wildman–Crippen MR) is 69.7 cm³/mol. The van der Waals surface area contributed by atoms with Crippen LogP contribution < -0.4 is 5.32 Å². The molecule has 1 atom stereocenters. The summed E-state index contributed by atoms with van der Waals surface area (Å²) in [5.41, 5.74) is 1.52. The first-order valence-corrected chi connectivity index (χ1v) is 6.22. The largest absolute Gasteiger partial charge is 0.299 e. The molecule has 0 saturated carbocycles. The van der Waals surface area contributed by atoms with Gasteiger partial charge in [0.1, 0.15) is 6.04 Å². The smallest absolute Gasteiger partial charge is 0.249 e. The molecule has 2 aliphatic heterocycles. The van der Waals surface area contributed by atoms with Crippen LogP contribution in [0.4, 0.5) is 0 Å². The number of amides is 3. The van der Waals surface area contributed by atoms with Crippen LogP contribution in [0.15, 0.2) is 36.1 Å². The van der Waals surface area contributed by atoms with E-state index in [1.54, 1.807) is 6.08 Å². The molecular formula is C14H16N2O3. The van der Waals surface area contributed by atoms with Crippen molar-refractivity contribution in [3.8, 4) is 0 Å². The highest BCUT2D eigenvalue weighted by molar-refractivity contribution is 6.02. The van der Waals surface area contributed by atoms with E-state index >= 15 is 0 Å². The van der Waals surface area contributed by atoms with E-state index in [2.05, 4.69) is 11.9 Å². The molecule has 0 spiro atoms. The van der Waals surface area contributed by atoms with E-state index in [1.807, 2.05) is 19.1 Å². The fourth-order valence-electron chi connectivity index (χ4n) is 2.47. The number of carbonyl (C=O) groups is 3. The Kier molecular flexibility index (Phi) is 3.64. The Balaban J connectivity index is 2.32. The number of imide groups is 1. The zero-order valence-corrected chi connectivity index (χ0v) is 10.8. The lowest BCUT2D eigenvalue weighted by atomic mass is 10.0. The topological polar surface area (TPSA) is 66.5 Å². The lowest BCUT2D eigenvalue weighted by molar-refractivity contribution is -0.142. The second-order valence-electron chi connectivity index (χ2n) is 4.52. The Hall–Kier alpha value is -2.17. The van der Waals surface area contributed by atoms with E-state index in [-0.39, 0.29) is 24.7 Å². The summed E-state index contributed by atoms with van der Waals surface area (Å²) >= 11 is 0. The van der Waals surface area contributed by atoms with Gasteiger partial charge in [0.2, 0.25) is 17.7 Å². The Labute approximate surface area is 111 Å². The summed E-state index contributed by atoms with van der Waals surface area (Å²) in [6.45, 7) is 5.58. The molecule has 0 radical (unpaired) electrons. The molecule has 1 fully saturated rings. The van der Waals surface area contributed by atoms with Gasteiger partial charge >= 0.3 is 0 Å². The van der Waals surface area contributed by atoms with Gasteiger partial charge in [-0.3, -0.25) is 24.6 Å². The number of nitrogens with zero attached hydrogens (tertiary/aromatic N) is 1. The number of hydrogen-bond donors (Lipinski definition) is 1. The zero-order chi connectivity index (χ0) is 14.0. The van der Waals surface area contributed by atoms with E-state index in [1.165, 1.54) is 4.90 Å². The maximum atomic E-state index is 12.1. The van der Waals surface area contributed by atoms with Crippen LogP contribution in [0.25, 0.3) is 0 Å². The molecule has 19 heavy (non-hydrogen) atoms. The molecule has 1 unspecified atom stereocenters. The van der Waals surface area contributed by atoms with Gasteiger partial charge in [0.05, 0.1) is 6.42 Å². The van der Waals surface area contributed by atoms with E-state index < -0.39 is 11.9 Å². The van der Waals surface area contributed by atoms with Crippen molar-refractivity contribution in [1.29, 1.82) is 0 Å². The number of hydrogen-bond acceptors (Lipinski definition) is 3. The predicted octanol–water partition coefficient (Wildman–Crippen LogP) is 1.04. The minimum atomic E-state index is -0.610. The Morgan fingerprint density at radius 3 is 2.68 bits per heavy atom. The van der Waals surface area contributed by atoms with Crippen LogP contribution >= 0.6 is 0 Å². The molecule has 5 nitrogen and oxygen atoms in total. The summed E-state index contributed by atoms with van der Waals surface area (Å²) < 4.78 is 0. The van der Waals surface area contributed by atoms with Crippen molar-refractivity contribution >= 4 is 17.7 Å². The highest BCUT2D eigenvalue weighted by atomic mass is 16.2. The first-order valence-electron chi connectivity index (χ1n) is 6.22. The summed E-state index contributed by atoms with van der Waals surface area (Å²) in [6.07, 6.45) is 6.16. The van der Waals surface area contributed by atoms with Crippen molar-refractivity contribution in [1.82, 2.24) is 10.2 Å². The van der Waals surface area contributed by atoms with Gasteiger partial charge in [0.15, 0.2) is 0 Å². The van der Waals surface area contributed by atoms with Crippen LogP contribution in [0.3, 0.4) is 0 Å². The monoisotopic (exact) mass is 260 g/mol. The van der Waals surface area contributed by atoms with Gasteiger partial charge in [0, 0.05) is 12.1 Å². The molecule has 0 aromatic heterocycles. The molecule has 2 rings (SSSR count). The lowest BCUT2D eigenvalue weighted by Crippen LogP contribution is -2.52. The minimum absolute atomic E-state index is 0.127. The summed E-state index contributed by atoms with van der Waals surface area (Å²) in [7, 11) is 0. The normalized spacial score (nSPS) is 24.4. The summed E-state index contributed by atoms with van der Waals surface area (Å²) in [5.74, 6) is -0.825. The zero-order valence-electron chi connectivity index (χ0n) is 10.8. The van der Waals surface area contributed by atoms with Crippen LogP contribution in [0.1, 0.15) is 26.2 Å². The van der Waals surface area contributed by atoms with Gasteiger partial charge in [-0.2, -0.15) is 0 Å². The second kappa shape index (κ2) is 5.22. The SMILES string of the molecule is C=CC1=C(/C=C\C)CC(=O)N1C1CCC(=O)NC1=O. The summed E-state index contributed by atoms with van der Waals surface area (Å²) in [4.78, 5) is 36.6. The molecule has 0 bridgehead atoms. The highest BCUT2D eigenvalue weighted by Crippen LogP contribution is 2.30. The Bertz CT molecular complexity index is 517. The molecule has 2 heterocycles. The summed E-state index contributed by atoms with van der Waals surface area (Å²) in [5, 5.41) is 2.27. The third-order valence-electron chi connectivity index (χ3n) is 3.28. The minimum Gasteiger partial charge on any atom is -0.299 e. The number of rotatable bonds is 3. The summed E-state index contributed by atoms with van der Waals surface area (Å²) in [6, 6.07) is -0.610. The number of allylic oxidation sites excluding steroid dienone is 3. The van der Waals surface area contributed by atoms with Crippen LogP contribution in [0.5, 0.6) is 0 Å². The standard InChI is InChI=1S/C14H16N2O3/c1-3-5-9-8-13(18)16(10(9)4-2)11-6-7-12(17)15-14(11)19/h3-5,11H,2,6-8H2,1H3,(H,15,17,19)/b5-3-. The molecule has 1 N–H and O–H groups in total. The van der Waals surface area contributed by atoms with Gasteiger partial charge in [-0.15, -0.1) is 0 Å². The van der Waals surface area contributed by atoms with Crippen LogP contribution in [-0.2, 0) is 14.4 Å². The molecular weight excluding hydrogens is 244 g/mol. The maximum Gasteiger partial charge on any atom is 0.249 e. The van der Waals surface area contributed by atoms with Crippen molar-refractivity contribution < 1.29 is 14.4 Å². The molecule has 0 aliphatic carbocycles. The van der Waals surface area contributed by atoms with Gasteiger partial charge in [0.25, 0.3) is 0 Å². The third-order valence-corrected chi connectivity index (χ3v) is 3.28. The quantitative estimate of drug-likeness (QED) is 0.771. The van der Waals surface area contributed by atoms with Crippen LogP contribution in [0, 0.1) is 0 Å². The van der Waals surface area contributed by atoms with Crippen molar-refractivity contribution in [2.24, 2.45) is 0 Å². The van der Waals surface area contributed by atoms with Crippen LogP contribution in [0.2, 0.25) is 0 Å². The highest BCUT2D eigenvalue weighted by Gasteiger charge is 2.39. The molecule has 2 aliphatic rings. The molecule has 0 aromatic carbocycles. The van der Waals surface area contributed by atoms with Gasteiger partial charge < -0.3 is 0 Å². The first-order chi connectivity index (χ1) is 9.08. The van der Waals surface area contributed by atoms with E-state index in [9.17, 15) is 14.4 Å². The molecule has 100 valence electrons. The Morgan fingerprint density at radius 1 is 1.37 bits per heavy atom. The first kappa shape index (κ1) is 13.3. The fraction of sp³-hybridized carbons (Fsp3) is 0.357. The lowest BCUT2D eigenvalue weighted by Gasteiger charge is -2.30. The van der Waals surface area contributed by atoms with Crippen molar-refractivity contribution in [2.75, 3.05) is 0 Å². The van der Waals surface area contributed by atoms with Crippen molar-refractivity contribution in [2.45, 2.75) is 32.2 Å². The van der Waals surface area contributed by atoms with Crippen LogP contribution in [-0.4, -0.2) is 28.7 Å². The molecule has 1 saturated heterocycles. The average molecular weight is 260 g/mol. The number of nitrogens with one attached hydrogen (secondary N) is 1. The molecule has 0 aromatic rings. The van der Waals surface area contributed by atoms with Gasteiger partial charge in [-0.25, -0.2) is 0 Å². The van der Waals surface area contributed by atoms with Gasteiger partial charge in [-0.1, -0.05) is 18.7 Å². The average Bonchev–Trinajstić information content (AvgIpc) is 2.66. The Morgan fingerprint density at radius 2 is 2.11 bits per heavy atom. The van der Waals surface area contributed by atoms with E-state index in [0.29, 0.717) is 12.1 Å².